The highest BCUT2D eigenvalue weighted by Crippen LogP contribution is 2.22. The molecule has 0 unspecified atom stereocenters. The normalized spacial score (nSPS) is 14.5. The van der Waals surface area contributed by atoms with Gasteiger partial charge in [0.2, 0.25) is 0 Å². The van der Waals surface area contributed by atoms with Crippen LogP contribution in [-0.4, -0.2) is 18.1 Å². The summed E-state index contributed by atoms with van der Waals surface area (Å²) in [5.41, 5.74) is 1.33. The molecular formula is C16H17ClFN3. The first-order valence-corrected chi connectivity index (χ1v) is 7.49. The molecule has 5 heteroatoms. The van der Waals surface area contributed by atoms with Crippen LogP contribution in [0.4, 0.5) is 15.9 Å². The Kier molecular flexibility index (Phi) is 4.25. The lowest BCUT2D eigenvalue weighted by molar-refractivity contribution is 0.613. The van der Waals surface area contributed by atoms with Crippen LogP contribution in [0, 0.1) is 5.82 Å². The van der Waals surface area contributed by atoms with Crippen molar-refractivity contribution in [3.05, 3.63) is 52.9 Å². The minimum Gasteiger partial charge on any atom is -0.380 e. The first-order valence-electron chi connectivity index (χ1n) is 7.12. The minimum absolute atomic E-state index is 0.295. The third kappa shape index (κ3) is 3.27. The van der Waals surface area contributed by atoms with Crippen LogP contribution in [0.1, 0.15) is 18.4 Å². The second kappa shape index (κ2) is 6.31. The van der Waals surface area contributed by atoms with Crippen LogP contribution in [0.3, 0.4) is 0 Å². The van der Waals surface area contributed by atoms with Crippen molar-refractivity contribution in [1.29, 1.82) is 0 Å². The van der Waals surface area contributed by atoms with E-state index in [1.807, 2.05) is 12.1 Å². The topological polar surface area (TPSA) is 28.2 Å². The molecule has 1 saturated heterocycles. The fourth-order valence-corrected chi connectivity index (χ4v) is 2.75. The van der Waals surface area contributed by atoms with Gasteiger partial charge in [-0.2, -0.15) is 0 Å². The highest BCUT2D eigenvalue weighted by Gasteiger charge is 2.13. The Hall–Kier alpha value is -1.81. The average Bonchev–Trinajstić information content (AvgIpc) is 3.02. The molecule has 0 amide bonds. The molecule has 1 aliphatic rings. The first-order chi connectivity index (χ1) is 10.2. The number of hydrogen-bond acceptors (Lipinski definition) is 3. The summed E-state index contributed by atoms with van der Waals surface area (Å²) in [6, 6.07) is 8.67. The van der Waals surface area contributed by atoms with E-state index >= 15 is 0 Å². The first kappa shape index (κ1) is 14.1. The van der Waals surface area contributed by atoms with Gasteiger partial charge in [-0.3, -0.25) is 0 Å². The molecular weight excluding hydrogens is 289 g/mol. The van der Waals surface area contributed by atoms with E-state index < -0.39 is 0 Å². The summed E-state index contributed by atoms with van der Waals surface area (Å²) in [5, 5.41) is 3.59. The molecule has 1 aromatic carbocycles. The predicted molar refractivity (Wildman–Crippen MR) is 84.4 cm³/mol. The molecule has 110 valence electrons. The van der Waals surface area contributed by atoms with Crippen molar-refractivity contribution < 1.29 is 4.39 Å². The van der Waals surface area contributed by atoms with Crippen LogP contribution in [-0.2, 0) is 6.54 Å². The zero-order valence-electron chi connectivity index (χ0n) is 11.6. The molecule has 1 aliphatic heterocycles. The lowest BCUT2D eigenvalue weighted by Gasteiger charge is -2.16. The van der Waals surface area contributed by atoms with Gasteiger partial charge in [-0.05, 0) is 37.1 Å². The molecule has 0 aliphatic carbocycles. The van der Waals surface area contributed by atoms with Gasteiger partial charge in [0.25, 0.3) is 0 Å². The largest absolute Gasteiger partial charge is 0.380 e. The second-order valence-electron chi connectivity index (χ2n) is 5.15. The number of nitrogens with zero attached hydrogens (tertiary/aromatic N) is 2. The Morgan fingerprint density at radius 2 is 2.00 bits per heavy atom. The number of aromatic nitrogens is 1. The Morgan fingerprint density at radius 3 is 2.67 bits per heavy atom. The maximum Gasteiger partial charge on any atom is 0.129 e. The zero-order chi connectivity index (χ0) is 14.7. The Morgan fingerprint density at radius 1 is 1.19 bits per heavy atom. The van der Waals surface area contributed by atoms with Crippen LogP contribution >= 0.6 is 11.6 Å². The van der Waals surface area contributed by atoms with E-state index in [1.54, 1.807) is 18.3 Å². The Labute approximate surface area is 128 Å². The highest BCUT2D eigenvalue weighted by molar-refractivity contribution is 6.31. The fraction of sp³-hybridized carbons (Fsp3) is 0.312. The third-order valence-corrected chi connectivity index (χ3v) is 4.06. The molecule has 3 nitrogen and oxygen atoms in total. The van der Waals surface area contributed by atoms with Crippen LogP contribution in [0.5, 0.6) is 0 Å². The molecule has 0 saturated carbocycles. The summed E-state index contributed by atoms with van der Waals surface area (Å²) < 4.78 is 13.7. The zero-order valence-corrected chi connectivity index (χ0v) is 12.4. The van der Waals surface area contributed by atoms with Crippen molar-refractivity contribution >= 4 is 23.1 Å². The van der Waals surface area contributed by atoms with Crippen molar-refractivity contribution in [2.45, 2.75) is 19.4 Å². The number of benzene rings is 1. The fourth-order valence-electron chi connectivity index (χ4n) is 2.52. The molecule has 3 rings (SSSR count). The second-order valence-corrected chi connectivity index (χ2v) is 5.56. The number of rotatable bonds is 4. The average molecular weight is 306 g/mol. The van der Waals surface area contributed by atoms with E-state index in [4.69, 9.17) is 11.6 Å². The number of pyridine rings is 1. The number of hydrogen-bond donors (Lipinski definition) is 1. The molecule has 0 radical (unpaired) electrons. The van der Waals surface area contributed by atoms with E-state index in [9.17, 15) is 4.39 Å². The summed E-state index contributed by atoms with van der Waals surface area (Å²) >= 11 is 6.00. The van der Waals surface area contributed by atoms with Crippen LogP contribution in [0.2, 0.25) is 5.02 Å². The van der Waals surface area contributed by atoms with Crippen molar-refractivity contribution in [2.75, 3.05) is 23.3 Å². The summed E-state index contributed by atoms with van der Waals surface area (Å²) in [7, 11) is 0. The monoisotopic (exact) mass is 305 g/mol. The van der Waals surface area contributed by atoms with E-state index in [0.29, 0.717) is 17.1 Å². The van der Waals surface area contributed by atoms with Crippen LogP contribution in [0.25, 0.3) is 0 Å². The molecule has 0 bridgehead atoms. The lowest BCUT2D eigenvalue weighted by Crippen LogP contribution is -2.18. The van der Waals surface area contributed by atoms with Gasteiger partial charge in [-0.1, -0.05) is 17.7 Å². The van der Waals surface area contributed by atoms with Gasteiger partial charge in [0.05, 0.1) is 11.9 Å². The van der Waals surface area contributed by atoms with E-state index in [1.165, 1.54) is 18.9 Å². The third-order valence-electron chi connectivity index (χ3n) is 3.71. The molecule has 21 heavy (non-hydrogen) atoms. The van der Waals surface area contributed by atoms with Gasteiger partial charge in [-0.25, -0.2) is 9.37 Å². The maximum atomic E-state index is 13.7. The molecule has 1 aromatic heterocycles. The summed E-state index contributed by atoms with van der Waals surface area (Å²) in [5.74, 6) is 0.707. The van der Waals surface area contributed by atoms with Crippen LogP contribution in [0.15, 0.2) is 36.5 Å². The predicted octanol–water partition coefficient (Wildman–Crippen LogP) is 4.09. The van der Waals surface area contributed by atoms with Gasteiger partial charge in [-0.15, -0.1) is 0 Å². The molecule has 0 spiro atoms. The van der Waals surface area contributed by atoms with Crippen molar-refractivity contribution in [3.8, 4) is 0 Å². The van der Waals surface area contributed by atoms with E-state index in [-0.39, 0.29) is 5.82 Å². The SMILES string of the molecule is Fc1cccc(Cl)c1CNc1ccc(N2CCCC2)nc1. The summed E-state index contributed by atoms with van der Waals surface area (Å²) in [6.45, 7) is 2.49. The molecule has 2 heterocycles. The maximum absolute atomic E-state index is 13.7. The lowest BCUT2D eigenvalue weighted by atomic mass is 10.2. The number of halogens is 2. The van der Waals surface area contributed by atoms with Gasteiger partial charge >= 0.3 is 0 Å². The standard InChI is InChI=1S/C16H17ClFN3/c17-14-4-3-5-15(18)13(14)11-19-12-6-7-16(20-10-12)21-8-1-2-9-21/h3-7,10,19H,1-2,8-9,11H2. The Balaban J connectivity index is 1.65. The summed E-state index contributed by atoms with van der Waals surface area (Å²) in [6.07, 6.45) is 4.24. The van der Waals surface area contributed by atoms with Gasteiger partial charge in [0.15, 0.2) is 0 Å². The Bertz CT molecular complexity index is 589. The molecule has 1 N–H and O–H groups in total. The molecule has 2 aromatic rings. The quantitative estimate of drug-likeness (QED) is 0.922. The van der Waals surface area contributed by atoms with Gasteiger partial charge in [0, 0.05) is 30.2 Å². The van der Waals surface area contributed by atoms with E-state index in [0.717, 1.165) is 24.6 Å². The van der Waals surface area contributed by atoms with Crippen LogP contribution < -0.4 is 10.2 Å². The van der Waals surface area contributed by atoms with Gasteiger partial charge in [0.1, 0.15) is 11.6 Å². The van der Waals surface area contributed by atoms with E-state index in [2.05, 4.69) is 15.2 Å². The van der Waals surface area contributed by atoms with Crippen molar-refractivity contribution in [1.82, 2.24) is 4.98 Å². The van der Waals surface area contributed by atoms with Crippen molar-refractivity contribution in [3.63, 3.8) is 0 Å². The molecule has 1 fully saturated rings. The van der Waals surface area contributed by atoms with Gasteiger partial charge < -0.3 is 10.2 Å². The summed E-state index contributed by atoms with van der Waals surface area (Å²) in [4.78, 5) is 6.73. The van der Waals surface area contributed by atoms with Crippen molar-refractivity contribution in [2.24, 2.45) is 0 Å². The smallest absolute Gasteiger partial charge is 0.129 e. The number of nitrogens with one attached hydrogen (secondary N) is 1. The highest BCUT2D eigenvalue weighted by atomic mass is 35.5. The molecule has 0 atom stereocenters. The minimum atomic E-state index is -0.295. The number of anilines is 2.